The molecule has 0 bridgehead atoms. The Balaban J connectivity index is 1.62. The summed E-state index contributed by atoms with van der Waals surface area (Å²) in [6, 6.07) is 9.75. The number of thioether (sulfide) groups is 1. The molecule has 1 atom stereocenters. The molecule has 10 nitrogen and oxygen atoms in total. The summed E-state index contributed by atoms with van der Waals surface area (Å²) in [7, 11) is 1.54. The number of anilines is 2. The van der Waals surface area contributed by atoms with Gasteiger partial charge in [-0.3, -0.25) is 14.4 Å². The lowest BCUT2D eigenvalue weighted by Crippen LogP contribution is -2.52. The van der Waals surface area contributed by atoms with Crippen molar-refractivity contribution in [3.05, 3.63) is 41.0 Å². The summed E-state index contributed by atoms with van der Waals surface area (Å²) >= 11 is 1.06. The summed E-state index contributed by atoms with van der Waals surface area (Å²) in [5.41, 5.74) is 7.38. The molecule has 2 aliphatic rings. The number of nitrogens with zero attached hydrogens (tertiary/aromatic N) is 5. The number of hydrogen-bond acceptors (Lipinski definition) is 9. The lowest BCUT2D eigenvalue weighted by molar-refractivity contribution is -0.139. The molecule has 40 heavy (non-hydrogen) atoms. The minimum absolute atomic E-state index is 0.0102. The number of pyridine rings is 1. The number of rotatable bonds is 8. The third-order valence-corrected chi connectivity index (χ3v) is 8.37. The fourth-order valence-electron chi connectivity index (χ4n) is 5.54. The van der Waals surface area contributed by atoms with Gasteiger partial charge in [-0.05, 0) is 48.6 Å². The van der Waals surface area contributed by atoms with Gasteiger partial charge in [0.05, 0.1) is 36.1 Å². The van der Waals surface area contributed by atoms with Gasteiger partial charge < -0.3 is 15.4 Å². The van der Waals surface area contributed by atoms with Gasteiger partial charge in [-0.15, -0.1) is 0 Å². The van der Waals surface area contributed by atoms with Gasteiger partial charge in [0.25, 0.3) is 5.91 Å². The first-order valence-corrected chi connectivity index (χ1v) is 14.3. The van der Waals surface area contributed by atoms with Crippen molar-refractivity contribution in [1.29, 1.82) is 10.5 Å². The van der Waals surface area contributed by atoms with Crippen LogP contribution in [-0.4, -0.2) is 52.6 Å². The van der Waals surface area contributed by atoms with Crippen LogP contribution < -0.4 is 15.4 Å². The number of amides is 3. The minimum Gasteiger partial charge on any atom is -0.497 e. The topological polar surface area (TPSA) is 153 Å². The van der Waals surface area contributed by atoms with Gasteiger partial charge in [0.2, 0.25) is 11.8 Å². The van der Waals surface area contributed by atoms with E-state index in [9.17, 15) is 24.9 Å². The fourth-order valence-corrected chi connectivity index (χ4v) is 6.41. The second-order valence-corrected chi connectivity index (χ2v) is 11.2. The lowest BCUT2D eigenvalue weighted by atomic mass is 9.92. The summed E-state index contributed by atoms with van der Waals surface area (Å²) in [5.74, 6) is -0.743. The third kappa shape index (κ3) is 5.61. The van der Waals surface area contributed by atoms with Crippen molar-refractivity contribution in [2.45, 2.75) is 75.4 Å². The number of carbonyl (C=O) groups is 3. The maximum Gasteiger partial charge on any atom is 0.257 e. The van der Waals surface area contributed by atoms with Gasteiger partial charge in [-0.1, -0.05) is 44.9 Å². The Morgan fingerprint density at radius 3 is 2.38 bits per heavy atom. The minimum atomic E-state index is -0.911. The summed E-state index contributed by atoms with van der Waals surface area (Å²) < 4.78 is 5.18. The predicted octanol–water partition coefficient (Wildman–Crippen LogP) is 4.12. The molecule has 0 spiro atoms. The molecule has 4 rings (SSSR count). The highest BCUT2D eigenvalue weighted by atomic mass is 32.2. The van der Waals surface area contributed by atoms with E-state index < -0.39 is 11.9 Å². The molecule has 2 heterocycles. The highest BCUT2D eigenvalue weighted by Crippen LogP contribution is 2.35. The van der Waals surface area contributed by atoms with Crippen molar-refractivity contribution in [3.63, 3.8) is 0 Å². The number of nitrogen functional groups attached to an aromatic ring is 1. The molecule has 1 aromatic heterocycles. The van der Waals surface area contributed by atoms with E-state index in [1.165, 1.54) is 7.11 Å². The van der Waals surface area contributed by atoms with Crippen LogP contribution in [0.1, 0.15) is 75.0 Å². The monoisotopic (exact) mass is 560 g/mol. The normalized spacial score (nSPS) is 17.6. The van der Waals surface area contributed by atoms with Crippen LogP contribution in [-0.2, 0) is 14.4 Å². The van der Waals surface area contributed by atoms with Crippen LogP contribution in [0.25, 0.3) is 0 Å². The SMILES string of the molecule is COc1ccc(N2C(=O)CC(N(C(=O)CSc3nc(N)c(C#N)c(C(C)C)c3C#N)C3CCCCC3)C2=O)cc1. The number of nitriles is 2. The number of aromatic nitrogens is 1. The average Bonchev–Trinajstić information content (AvgIpc) is 3.24. The molecular weight excluding hydrogens is 528 g/mol. The highest BCUT2D eigenvalue weighted by molar-refractivity contribution is 8.00. The number of benzene rings is 1. The van der Waals surface area contributed by atoms with Gasteiger partial charge in [-0.25, -0.2) is 9.88 Å². The molecule has 1 aliphatic carbocycles. The Morgan fingerprint density at radius 1 is 1.15 bits per heavy atom. The van der Waals surface area contributed by atoms with Crippen molar-refractivity contribution in [3.8, 4) is 17.9 Å². The Morgan fingerprint density at radius 2 is 1.80 bits per heavy atom. The zero-order chi connectivity index (χ0) is 29.0. The summed E-state index contributed by atoms with van der Waals surface area (Å²) in [5, 5.41) is 19.7. The largest absolute Gasteiger partial charge is 0.497 e. The molecule has 2 aromatic rings. The number of methoxy groups -OCH3 is 1. The first kappa shape index (κ1) is 28.9. The number of imide groups is 1. The molecule has 0 radical (unpaired) electrons. The van der Waals surface area contributed by atoms with Crippen LogP contribution >= 0.6 is 11.8 Å². The van der Waals surface area contributed by atoms with Crippen LogP contribution in [0.2, 0.25) is 0 Å². The maximum absolute atomic E-state index is 13.8. The third-order valence-electron chi connectivity index (χ3n) is 7.41. The summed E-state index contributed by atoms with van der Waals surface area (Å²) in [6.07, 6.45) is 4.33. The molecule has 1 saturated heterocycles. The molecule has 1 aliphatic heterocycles. The molecule has 2 fully saturated rings. The smallest absolute Gasteiger partial charge is 0.257 e. The van der Waals surface area contributed by atoms with Crippen LogP contribution in [0.4, 0.5) is 11.5 Å². The number of carbonyl (C=O) groups excluding carboxylic acids is 3. The first-order valence-electron chi connectivity index (χ1n) is 13.3. The van der Waals surface area contributed by atoms with E-state index in [4.69, 9.17) is 10.5 Å². The van der Waals surface area contributed by atoms with E-state index in [-0.39, 0.29) is 57.9 Å². The van der Waals surface area contributed by atoms with E-state index in [0.717, 1.165) is 48.8 Å². The van der Waals surface area contributed by atoms with Gasteiger partial charge in [0, 0.05) is 6.04 Å². The quantitative estimate of drug-likeness (QED) is 0.371. The van der Waals surface area contributed by atoms with Gasteiger partial charge in [-0.2, -0.15) is 10.5 Å². The Labute approximate surface area is 238 Å². The second kappa shape index (κ2) is 12.4. The van der Waals surface area contributed by atoms with Crippen molar-refractivity contribution in [2.75, 3.05) is 23.5 Å². The highest BCUT2D eigenvalue weighted by Gasteiger charge is 2.46. The number of hydrogen-bond donors (Lipinski definition) is 1. The van der Waals surface area contributed by atoms with E-state index in [1.54, 1.807) is 29.2 Å². The van der Waals surface area contributed by atoms with Crippen LogP contribution in [0, 0.1) is 22.7 Å². The standard InChI is InChI=1S/C29H32N6O4S/c1-17(2)26-21(14-30)27(32)33-28(22(26)15-31)40-16-25(37)34(18-7-5-4-6-8-18)23-13-24(36)35(29(23)38)19-9-11-20(39-3)12-10-19/h9-12,17-18,23H,4-8,13,16H2,1-3H3,(H2,32,33). The maximum atomic E-state index is 13.8. The average molecular weight is 561 g/mol. The second-order valence-electron chi connectivity index (χ2n) is 10.2. The fraction of sp³-hybridized carbons (Fsp3) is 0.448. The molecular formula is C29H32N6O4S. The molecule has 1 unspecified atom stereocenters. The molecule has 1 saturated carbocycles. The zero-order valence-electron chi connectivity index (χ0n) is 22.8. The van der Waals surface area contributed by atoms with E-state index in [0.29, 0.717) is 17.0 Å². The van der Waals surface area contributed by atoms with E-state index in [1.807, 2.05) is 19.9 Å². The number of nitrogens with two attached hydrogens (primary N) is 1. The molecule has 11 heteroatoms. The Kier molecular flexibility index (Phi) is 8.96. The van der Waals surface area contributed by atoms with Crippen LogP contribution in [0.3, 0.4) is 0 Å². The van der Waals surface area contributed by atoms with Crippen molar-refractivity contribution in [1.82, 2.24) is 9.88 Å². The number of ether oxygens (including phenoxy) is 1. The van der Waals surface area contributed by atoms with Gasteiger partial charge in [0.1, 0.15) is 34.8 Å². The van der Waals surface area contributed by atoms with Crippen molar-refractivity contribution in [2.24, 2.45) is 0 Å². The van der Waals surface area contributed by atoms with Crippen LogP contribution in [0.15, 0.2) is 29.3 Å². The molecule has 2 N–H and O–H groups in total. The van der Waals surface area contributed by atoms with E-state index >= 15 is 0 Å². The van der Waals surface area contributed by atoms with Crippen LogP contribution in [0.5, 0.6) is 5.75 Å². The predicted molar refractivity (Wildman–Crippen MR) is 151 cm³/mol. The lowest BCUT2D eigenvalue weighted by Gasteiger charge is -2.37. The molecule has 208 valence electrons. The van der Waals surface area contributed by atoms with Gasteiger partial charge >= 0.3 is 0 Å². The van der Waals surface area contributed by atoms with Crippen molar-refractivity contribution >= 4 is 41.0 Å². The summed E-state index contributed by atoms with van der Waals surface area (Å²) in [4.78, 5) is 47.5. The molecule has 1 aromatic carbocycles. The first-order chi connectivity index (χ1) is 19.2. The molecule has 3 amide bonds. The van der Waals surface area contributed by atoms with Crippen molar-refractivity contribution < 1.29 is 19.1 Å². The Bertz CT molecular complexity index is 1390. The Hall–Kier alpha value is -4.09. The zero-order valence-corrected chi connectivity index (χ0v) is 23.7. The summed E-state index contributed by atoms with van der Waals surface area (Å²) in [6.45, 7) is 3.72. The van der Waals surface area contributed by atoms with Gasteiger partial charge in [0.15, 0.2) is 0 Å². The van der Waals surface area contributed by atoms with E-state index in [2.05, 4.69) is 11.1 Å².